The van der Waals surface area contributed by atoms with Gasteiger partial charge in [-0.2, -0.15) is 0 Å². The summed E-state index contributed by atoms with van der Waals surface area (Å²) in [6.45, 7) is 0. The summed E-state index contributed by atoms with van der Waals surface area (Å²) in [5.74, 6) is -0.164. The number of carbonyl (C=O) groups is 1. The predicted molar refractivity (Wildman–Crippen MR) is 81.7 cm³/mol. The lowest BCUT2D eigenvalue weighted by Gasteiger charge is -2.14. The van der Waals surface area contributed by atoms with Crippen molar-refractivity contribution in [2.45, 2.75) is 12.5 Å². The van der Waals surface area contributed by atoms with Crippen LogP contribution in [0.25, 0.3) is 0 Å². The van der Waals surface area contributed by atoms with Crippen molar-refractivity contribution in [2.75, 3.05) is 11.5 Å². The van der Waals surface area contributed by atoms with E-state index in [2.05, 4.69) is 10.6 Å². The maximum absolute atomic E-state index is 11.9. The normalized spacial score (nSPS) is 20.4. The summed E-state index contributed by atoms with van der Waals surface area (Å²) in [5, 5.41) is 6.03. The first-order valence-corrected chi connectivity index (χ1v) is 8.54. The highest BCUT2D eigenvalue weighted by atomic mass is 35.5. The first-order valence-electron chi connectivity index (χ1n) is 5.93. The van der Waals surface area contributed by atoms with Crippen molar-refractivity contribution in [2.24, 2.45) is 0 Å². The van der Waals surface area contributed by atoms with E-state index in [1.165, 1.54) is 0 Å². The number of thiocarbonyl (C=S) groups is 1. The molecule has 1 aromatic carbocycles. The molecule has 1 heterocycles. The molecule has 0 aromatic heterocycles. The van der Waals surface area contributed by atoms with E-state index in [0.717, 1.165) is 0 Å². The van der Waals surface area contributed by atoms with E-state index in [1.807, 2.05) is 0 Å². The highest BCUT2D eigenvalue weighted by Crippen LogP contribution is 2.11. The number of amides is 1. The molecule has 1 amide bonds. The molecule has 108 valence electrons. The second-order valence-electron chi connectivity index (χ2n) is 4.53. The van der Waals surface area contributed by atoms with Crippen molar-refractivity contribution in [3.8, 4) is 0 Å². The summed E-state index contributed by atoms with van der Waals surface area (Å²) in [4.78, 5) is 11.9. The first-order chi connectivity index (χ1) is 9.35. The number of nitrogens with one attached hydrogen (secondary N) is 2. The third-order valence-corrected chi connectivity index (χ3v) is 5.14. The van der Waals surface area contributed by atoms with Crippen LogP contribution in [0.2, 0.25) is 5.02 Å². The van der Waals surface area contributed by atoms with Crippen molar-refractivity contribution >= 4 is 44.7 Å². The maximum atomic E-state index is 11.9. The third kappa shape index (κ3) is 4.16. The molecule has 1 fully saturated rings. The Morgan fingerprint density at radius 3 is 2.50 bits per heavy atom. The quantitative estimate of drug-likeness (QED) is 0.794. The molecule has 2 N–H and O–H groups in total. The van der Waals surface area contributed by atoms with Crippen molar-refractivity contribution in [1.82, 2.24) is 10.6 Å². The number of halogens is 1. The zero-order chi connectivity index (χ0) is 14.8. The van der Waals surface area contributed by atoms with Gasteiger partial charge in [-0.05, 0) is 42.9 Å². The number of sulfone groups is 1. The Balaban J connectivity index is 1.88. The number of hydrogen-bond donors (Lipinski definition) is 2. The Bertz CT molecular complexity index is 629. The van der Waals surface area contributed by atoms with E-state index in [1.54, 1.807) is 24.3 Å². The standard InChI is InChI=1S/C12H13ClN2O3S2/c13-9-3-1-8(2-4-9)11(16)15-12(19)14-10-5-6-20(17,18)7-10/h1-4,10H,5-7H2,(H2,14,15,16,19)/t10-/m0/s1. The van der Waals surface area contributed by atoms with Crippen LogP contribution in [0.1, 0.15) is 16.8 Å². The average molecular weight is 333 g/mol. The van der Waals surface area contributed by atoms with Crippen LogP contribution in [0.3, 0.4) is 0 Å². The van der Waals surface area contributed by atoms with Crippen molar-refractivity contribution in [3.05, 3.63) is 34.9 Å². The van der Waals surface area contributed by atoms with Crippen LogP contribution in [0.4, 0.5) is 0 Å². The van der Waals surface area contributed by atoms with Crippen LogP contribution < -0.4 is 10.6 Å². The minimum atomic E-state index is -2.98. The third-order valence-electron chi connectivity index (χ3n) is 2.90. The largest absolute Gasteiger partial charge is 0.359 e. The topological polar surface area (TPSA) is 75.3 Å². The lowest BCUT2D eigenvalue weighted by Crippen LogP contribution is -2.44. The molecule has 0 radical (unpaired) electrons. The Morgan fingerprint density at radius 2 is 1.95 bits per heavy atom. The van der Waals surface area contributed by atoms with Crippen LogP contribution in [-0.2, 0) is 9.84 Å². The average Bonchev–Trinajstić information content (AvgIpc) is 2.69. The van der Waals surface area contributed by atoms with E-state index in [-0.39, 0.29) is 28.6 Å². The molecule has 1 atom stereocenters. The molecule has 2 rings (SSSR count). The summed E-state index contributed by atoms with van der Waals surface area (Å²) >= 11 is 10.7. The number of carbonyl (C=O) groups excluding carboxylic acids is 1. The Kier molecular flexibility index (Phi) is 4.62. The van der Waals surface area contributed by atoms with E-state index in [0.29, 0.717) is 17.0 Å². The first kappa shape index (κ1) is 15.2. The fourth-order valence-corrected chi connectivity index (χ4v) is 3.97. The zero-order valence-electron chi connectivity index (χ0n) is 10.4. The SMILES string of the molecule is O=C(NC(=S)N[C@H]1CCS(=O)(=O)C1)c1ccc(Cl)cc1. The Labute approximate surface area is 127 Å². The molecule has 20 heavy (non-hydrogen) atoms. The van der Waals surface area contributed by atoms with Gasteiger partial charge in [0.05, 0.1) is 11.5 Å². The van der Waals surface area contributed by atoms with Crippen molar-refractivity contribution in [1.29, 1.82) is 0 Å². The summed E-state index contributed by atoms with van der Waals surface area (Å²) in [7, 11) is -2.98. The molecule has 1 saturated heterocycles. The summed E-state index contributed by atoms with van der Waals surface area (Å²) in [5.41, 5.74) is 0.428. The van der Waals surface area contributed by atoms with Crippen LogP contribution in [0, 0.1) is 0 Å². The fraction of sp³-hybridized carbons (Fsp3) is 0.333. The molecule has 0 saturated carbocycles. The molecule has 1 aliphatic heterocycles. The molecule has 0 bridgehead atoms. The lowest BCUT2D eigenvalue weighted by atomic mass is 10.2. The molecule has 0 aliphatic carbocycles. The van der Waals surface area contributed by atoms with Gasteiger partial charge >= 0.3 is 0 Å². The minimum Gasteiger partial charge on any atom is -0.359 e. The van der Waals surface area contributed by atoms with Gasteiger partial charge in [0.15, 0.2) is 14.9 Å². The highest BCUT2D eigenvalue weighted by molar-refractivity contribution is 7.91. The molecule has 8 heteroatoms. The van der Waals surface area contributed by atoms with Gasteiger partial charge in [-0.1, -0.05) is 11.6 Å². The molecule has 1 aromatic rings. The summed E-state index contributed by atoms with van der Waals surface area (Å²) < 4.78 is 22.6. The summed E-state index contributed by atoms with van der Waals surface area (Å²) in [6, 6.07) is 6.14. The van der Waals surface area contributed by atoms with Gasteiger partial charge in [-0.15, -0.1) is 0 Å². The van der Waals surface area contributed by atoms with E-state index < -0.39 is 9.84 Å². The van der Waals surface area contributed by atoms with Gasteiger partial charge in [-0.3, -0.25) is 10.1 Å². The molecule has 0 unspecified atom stereocenters. The Morgan fingerprint density at radius 1 is 1.30 bits per heavy atom. The minimum absolute atomic E-state index is 0.0456. The van der Waals surface area contributed by atoms with Gasteiger partial charge in [0.2, 0.25) is 0 Å². The van der Waals surface area contributed by atoms with Crippen LogP contribution in [-0.4, -0.2) is 37.0 Å². The van der Waals surface area contributed by atoms with Gasteiger partial charge in [0.1, 0.15) is 0 Å². The number of rotatable bonds is 2. The number of benzene rings is 1. The van der Waals surface area contributed by atoms with Gasteiger partial charge < -0.3 is 5.32 Å². The number of hydrogen-bond acceptors (Lipinski definition) is 4. The zero-order valence-corrected chi connectivity index (χ0v) is 12.8. The molecule has 5 nitrogen and oxygen atoms in total. The maximum Gasteiger partial charge on any atom is 0.257 e. The smallest absolute Gasteiger partial charge is 0.257 e. The second-order valence-corrected chi connectivity index (χ2v) is 7.61. The molecular formula is C12H13ClN2O3S2. The predicted octanol–water partition coefficient (Wildman–Crippen LogP) is 1.13. The van der Waals surface area contributed by atoms with E-state index in [4.69, 9.17) is 23.8 Å². The molecule has 1 aliphatic rings. The van der Waals surface area contributed by atoms with Crippen LogP contribution in [0.15, 0.2) is 24.3 Å². The fourth-order valence-electron chi connectivity index (χ4n) is 1.91. The van der Waals surface area contributed by atoms with Crippen LogP contribution in [0.5, 0.6) is 0 Å². The monoisotopic (exact) mass is 332 g/mol. The highest BCUT2D eigenvalue weighted by Gasteiger charge is 2.28. The van der Waals surface area contributed by atoms with E-state index >= 15 is 0 Å². The van der Waals surface area contributed by atoms with Gasteiger partial charge in [0.25, 0.3) is 5.91 Å². The van der Waals surface area contributed by atoms with Crippen molar-refractivity contribution < 1.29 is 13.2 Å². The van der Waals surface area contributed by atoms with Crippen LogP contribution >= 0.6 is 23.8 Å². The Hall–Kier alpha value is -1.18. The molecular weight excluding hydrogens is 320 g/mol. The summed E-state index contributed by atoms with van der Waals surface area (Å²) in [6.07, 6.45) is 0.499. The van der Waals surface area contributed by atoms with Crippen molar-refractivity contribution in [3.63, 3.8) is 0 Å². The van der Waals surface area contributed by atoms with E-state index in [9.17, 15) is 13.2 Å². The lowest BCUT2D eigenvalue weighted by molar-refractivity contribution is 0.0976. The van der Waals surface area contributed by atoms with Gasteiger partial charge in [-0.25, -0.2) is 8.42 Å². The van der Waals surface area contributed by atoms with Gasteiger partial charge in [0, 0.05) is 16.6 Å². The molecule has 0 spiro atoms. The second kappa shape index (κ2) is 6.07.